The highest BCUT2D eigenvalue weighted by atomic mass is 16.8. The van der Waals surface area contributed by atoms with Crippen molar-refractivity contribution in [1.29, 1.82) is 0 Å². The van der Waals surface area contributed by atoms with Gasteiger partial charge in [0.05, 0.1) is 38.6 Å². The Bertz CT molecular complexity index is 2120. The molecule has 3 heterocycles. The molecule has 500 valence electrons. The maximum Gasteiger partial charge on any atom is 0.220 e. The molecular formula is C69H111NO18. The van der Waals surface area contributed by atoms with Gasteiger partial charge in [-0.15, -0.1) is 0 Å². The largest absolute Gasteiger partial charge is 0.394 e. The number of unbranched alkanes of at least 4 members (excludes halogenated alkanes) is 8. The Balaban J connectivity index is 1.28. The monoisotopic (exact) mass is 1240 g/mol. The number of hydrogen-bond acceptors (Lipinski definition) is 18. The third-order valence-electron chi connectivity index (χ3n) is 15.2. The number of rotatable bonds is 46. The Morgan fingerprint density at radius 2 is 0.784 bits per heavy atom. The minimum atomic E-state index is -1.98. The lowest BCUT2D eigenvalue weighted by atomic mass is 9.96. The van der Waals surface area contributed by atoms with Crippen LogP contribution in [-0.2, 0) is 33.2 Å². The number of ether oxygens (including phenoxy) is 6. The first-order valence-corrected chi connectivity index (χ1v) is 32.4. The SMILES string of the molecule is CC/C=C\C/C=C\C/C=C\C/C=C\C/C=C\C/C=C\C/C=C\C/C=C\C/C=C\C/C=C\C/C=C\CCCCCCCC(=O)NC(COC1OC(CO)C(OC2OC(CO)C(OC3OC(CO)C(O)C(O)C3O)C(O)C2O)C(O)C1O)C(O)CCCCCC. The fourth-order valence-corrected chi connectivity index (χ4v) is 9.96. The van der Waals surface area contributed by atoms with E-state index in [1.54, 1.807) is 0 Å². The van der Waals surface area contributed by atoms with Gasteiger partial charge < -0.3 is 89.9 Å². The molecule has 0 spiro atoms. The summed E-state index contributed by atoms with van der Waals surface area (Å²) in [4.78, 5) is 13.2. The van der Waals surface area contributed by atoms with Crippen molar-refractivity contribution in [2.75, 3.05) is 26.4 Å². The van der Waals surface area contributed by atoms with Crippen molar-refractivity contribution in [3.05, 3.63) is 134 Å². The van der Waals surface area contributed by atoms with Crippen molar-refractivity contribution < 1.29 is 89.4 Å². The van der Waals surface area contributed by atoms with E-state index in [2.05, 4.69) is 153 Å². The molecule has 0 aromatic rings. The lowest BCUT2D eigenvalue weighted by Gasteiger charge is -2.48. The van der Waals surface area contributed by atoms with E-state index in [4.69, 9.17) is 28.4 Å². The highest BCUT2D eigenvalue weighted by Gasteiger charge is 2.53. The summed E-state index contributed by atoms with van der Waals surface area (Å²) >= 11 is 0. The van der Waals surface area contributed by atoms with Gasteiger partial charge in [0, 0.05) is 6.42 Å². The number of nitrogens with one attached hydrogen (secondary N) is 1. The standard InChI is InChI=1S/C69H111NO18/c1-3-5-7-9-10-11-12-13-14-15-16-17-18-19-20-21-22-23-24-25-26-27-28-29-30-31-32-33-34-35-36-37-38-39-40-41-42-43-45-47-57(75)70-52(53(74)46-44-8-6-4-2)51-83-67-63(81)60(78)65(55(49-72)85-67)88-69-64(82)61(79)66(56(50-73)86-69)87-68-62(80)59(77)58(76)54(48-71)84-68/h5,7,10-11,13-14,16-17,19-20,22-23,25-26,28-29,31-32,34-35,37-38,52-56,58-69,71-74,76-82H,3-4,6,8-9,12,15,18,21,24,27,30,33,36,39-51H2,1-2H3,(H,70,75)/b7-5-,11-10-,14-13-,17-16-,20-19-,23-22-,26-25-,29-28-,32-31-,35-34-,38-37-. The molecule has 12 N–H and O–H groups in total. The van der Waals surface area contributed by atoms with Crippen LogP contribution in [0.3, 0.4) is 0 Å². The van der Waals surface area contributed by atoms with Crippen LogP contribution in [0.1, 0.15) is 162 Å². The highest BCUT2D eigenvalue weighted by molar-refractivity contribution is 5.76. The number of carbonyl (C=O) groups is 1. The second-order valence-electron chi connectivity index (χ2n) is 22.5. The van der Waals surface area contributed by atoms with Crippen molar-refractivity contribution in [2.45, 2.75) is 266 Å². The molecular weight excluding hydrogens is 1130 g/mol. The fraction of sp³-hybridized carbons (Fsp3) is 0.667. The van der Waals surface area contributed by atoms with Crippen LogP contribution in [0.25, 0.3) is 0 Å². The number of aliphatic hydroxyl groups excluding tert-OH is 11. The molecule has 3 saturated heterocycles. The van der Waals surface area contributed by atoms with Crippen molar-refractivity contribution in [3.63, 3.8) is 0 Å². The smallest absolute Gasteiger partial charge is 0.220 e. The molecule has 19 nitrogen and oxygen atoms in total. The van der Waals surface area contributed by atoms with E-state index in [-0.39, 0.29) is 18.9 Å². The molecule has 17 atom stereocenters. The van der Waals surface area contributed by atoms with E-state index in [1.807, 2.05) is 0 Å². The highest BCUT2D eigenvalue weighted by Crippen LogP contribution is 2.33. The van der Waals surface area contributed by atoms with E-state index in [9.17, 15) is 61.0 Å². The first-order valence-electron chi connectivity index (χ1n) is 32.4. The second-order valence-corrected chi connectivity index (χ2v) is 22.5. The summed E-state index contributed by atoms with van der Waals surface area (Å²) in [6.45, 7) is 1.47. The van der Waals surface area contributed by atoms with Gasteiger partial charge in [0.25, 0.3) is 0 Å². The van der Waals surface area contributed by atoms with E-state index in [0.717, 1.165) is 122 Å². The zero-order chi connectivity index (χ0) is 64.0. The van der Waals surface area contributed by atoms with Crippen LogP contribution in [0.5, 0.6) is 0 Å². The lowest BCUT2D eigenvalue weighted by molar-refractivity contribution is -0.379. The van der Waals surface area contributed by atoms with Crippen LogP contribution in [0.2, 0.25) is 0 Å². The zero-order valence-corrected chi connectivity index (χ0v) is 52.4. The first-order chi connectivity index (χ1) is 42.8. The van der Waals surface area contributed by atoms with E-state index < -0.39 is 124 Å². The van der Waals surface area contributed by atoms with Crippen LogP contribution < -0.4 is 5.32 Å². The summed E-state index contributed by atoms with van der Waals surface area (Å²) in [5, 5.41) is 120. The summed E-state index contributed by atoms with van der Waals surface area (Å²) in [5.74, 6) is -0.279. The van der Waals surface area contributed by atoms with Crippen LogP contribution in [0, 0.1) is 0 Å². The zero-order valence-electron chi connectivity index (χ0n) is 52.4. The molecule has 19 heteroatoms. The van der Waals surface area contributed by atoms with Crippen molar-refractivity contribution >= 4 is 5.91 Å². The van der Waals surface area contributed by atoms with Gasteiger partial charge in [-0.05, 0) is 96.3 Å². The number of carbonyl (C=O) groups excluding carboxylic acids is 1. The predicted octanol–water partition coefficient (Wildman–Crippen LogP) is 7.43. The first kappa shape index (κ1) is 78.2. The summed E-state index contributed by atoms with van der Waals surface area (Å²) in [6, 6.07) is -0.903. The molecule has 3 aliphatic rings. The van der Waals surface area contributed by atoms with Gasteiger partial charge in [-0.1, -0.05) is 192 Å². The molecule has 3 aliphatic heterocycles. The van der Waals surface area contributed by atoms with E-state index in [0.29, 0.717) is 19.3 Å². The van der Waals surface area contributed by atoms with Crippen molar-refractivity contribution in [2.24, 2.45) is 0 Å². The molecule has 0 radical (unpaired) electrons. The number of aliphatic hydroxyl groups is 11. The Labute approximate surface area is 524 Å². The number of amides is 1. The molecule has 0 saturated carbocycles. The molecule has 0 aromatic heterocycles. The van der Waals surface area contributed by atoms with Crippen molar-refractivity contribution in [1.82, 2.24) is 5.32 Å². The quantitative estimate of drug-likeness (QED) is 0.0208. The van der Waals surface area contributed by atoms with Gasteiger partial charge in [-0.3, -0.25) is 4.79 Å². The molecule has 0 aliphatic carbocycles. The maximum absolute atomic E-state index is 13.2. The minimum Gasteiger partial charge on any atom is -0.394 e. The summed E-state index contributed by atoms with van der Waals surface area (Å²) in [5.41, 5.74) is 0. The van der Waals surface area contributed by atoms with Crippen LogP contribution in [0.4, 0.5) is 0 Å². The van der Waals surface area contributed by atoms with Gasteiger partial charge >= 0.3 is 0 Å². The number of hydrogen-bond donors (Lipinski definition) is 12. The Hall–Kier alpha value is -4.07. The predicted molar refractivity (Wildman–Crippen MR) is 341 cm³/mol. The maximum atomic E-state index is 13.2. The fourth-order valence-electron chi connectivity index (χ4n) is 9.96. The Kier molecular flexibility index (Phi) is 44.1. The van der Waals surface area contributed by atoms with E-state index >= 15 is 0 Å². The molecule has 0 bridgehead atoms. The minimum absolute atomic E-state index is 0.232. The van der Waals surface area contributed by atoms with Gasteiger partial charge in [0.15, 0.2) is 18.9 Å². The van der Waals surface area contributed by atoms with E-state index in [1.165, 1.54) is 0 Å². The molecule has 3 fully saturated rings. The molecule has 0 aromatic carbocycles. The molecule has 1 amide bonds. The Morgan fingerprint density at radius 3 is 1.22 bits per heavy atom. The molecule has 17 unspecified atom stereocenters. The average molecular weight is 1240 g/mol. The normalized spacial score (nSPS) is 29.3. The van der Waals surface area contributed by atoms with Gasteiger partial charge in [0.1, 0.15) is 73.2 Å². The summed E-state index contributed by atoms with van der Waals surface area (Å²) < 4.78 is 34.1. The third kappa shape index (κ3) is 31.8. The van der Waals surface area contributed by atoms with Crippen molar-refractivity contribution in [3.8, 4) is 0 Å². The molecule has 3 rings (SSSR count). The second kappa shape index (κ2) is 49.6. The summed E-state index contributed by atoms with van der Waals surface area (Å²) in [7, 11) is 0. The lowest BCUT2D eigenvalue weighted by Crippen LogP contribution is -2.66. The Morgan fingerprint density at radius 1 is 0.420 bits per heavy atom. The van der Waals surface area contributed by atoms with Gasteiger partial charge in [0.2, 0.25) is 5.91 Å². The summed E-state index contributed by atoms with van der Waals surface area (Å²) in [6.07, 6.45) is 42.3. The van der Waals surface area contributed by atoms with Crippen LogP contribution in [0.15, 0.2) is 134 Å². The topological polar surface area (TPSA) is 307 Å². The molecule has 88 heavy (non-hydrogen) atoms. The number of allylic oxidation sites excluding steroid dienone is 22. The van der Waals surface area contributed by atoms with Crippen LogP contribution >= 0.6 is 0 Å². The third-order valence-corrected chi connectivity index (χ3v) is 15.2. The van der Waals surface area contributed by atoms with Crippen LogP contribution in [-0.4, -0.2) is 193 Å². The van der Waals surface area contributed by atoms with Gasteiger partial charge in [-0.2, -0.15) is 0 Å². The average Bonchev–Trinajstić information content (AvgIpc) is 1.13. The van der Waals surface area contributed by atoms with Gasteiger partial charge in [-0.25, -0.2) is 0 Å².